The number of ether oxygens (including phenoxy) is 1. The van der Waals surface area contributed by atoms with Crippen molar-refractivity contribution >= 4 is 34.3 Å². The van der Waals surface area contributed by atoms with Crippen molar-refractivity contribution in [2.75, 3.05) is 7.11 Å². The minimum absolute atomic E-state index is 0.108. The molecule has 8 heteroatoms. The number of nitrogens with zero attached hydrogens (tertiary/aromatic N) is 4. The van der Waals surface area contributed by atoms with Crippen LogP contribution in [0.25, 0.3) is 16.6 Å². The van der Waals surface area contributed by atoms with Crippen LogP contribution >= 0.6 is 11.8 Å². The molecule has 0 atom stereocenters. The van der Waals surface area contributed by atoms with Crippen molar-refractivity contribution in [1.29, 1.82) is 0 Å². The van der Waals surface area contributed by atoms with Gasteiger partial charge in [-0.1, -0.05) is 31.7 Å². The van der Waals surface area contributed by atoms with E-state index in [4.69, 9.17) is 14.7 Å². The molecule has 0 N–H and O–H groups in total. The van der Waals surface area contributed by atoms with Crippen molar-refractivity contribution in [2.45, 2.75) is 38.2 Å². The first-order chi connectivity index (χ1) is 14.9. The predicted octanol–water partition coefficient (Wildman–Crippen LogP) is 4.09. The molecule has 4 rings (SSSR count). The molecule has 1 aromatic carbocycles. The van der Waals surface area contributed by atoms with Crippen LogP contribution in [0.15, 0.2) is 52.7 Å². The van der Waals surface area contributed by atoms with Crippen LogP contribution in [-0.4, -0.2) is 32.0 Å². The molecule has 0 aliphatic heterocycles. The van der Waals surface area contributed by atoms with E-state index in [2.05, 4.69) is 13.8 Å². The van der Waals surface area contributed by atoms with E-state index < -0.39 is 5.97 Å². The van der Waals surface area contributed by atoms with Gasteiger partial charge in [0.1, 0.15) is 5.65 Å². The smallest absolute Gasteiger partial charge is 0.337 e. The lowest BCUT2D eigenvalue weighted by molar-refractivity contribution is 0.0601. The number of pyridine rings is 1. The molecule has 0 fully saturated rings. The third-order valence-electron chi connectivity index (χ3n) is 4.97. The summed E-state index contributed by atoms with van der Waals surface area (Å²) in [5.74, 6) is 0.404. The number of aromatic nitrogens is 4. The van der Waals surface area contributed by atoms with Crippen LogP contribution in [0, 0.1) is 12.8 Å². The van der Waals surface area contributed by atoms with E-state index in [0.29, 0.717) is 33.9 Å². The number of hydrogen-bond donors (Lipinski definition) is 0. The summed E-state index contributed by atoms with van der Waals surface area (Å²) < 4.78 is 8.52. The van der Waals surface area contributed by atoms with Crippen LogP contribution in [0.2, 0.25) is 0 Å². The summed E-state index contributed by atoms with van der Waals surface area (Å²) in [7, 11) is 1.33. The number of carbonyl (C=O) groups excluding carboxylic acids is 1. The molecular formula is C23H24N4O3S. The lowest BCUT2D eigenvalue weighted by atomic mass is 10.1. The number of rotatable bonds is 6. The Morgan fingerprint density at radius 1 is 1.23 bits per heavy atom. The molecule has 3 aromatic heterocycles. The highest BCUT2D eigenvalue weighted by molar-refractivity contribution is 7.98. The third kappa shape index (κ3) is 4.20. The lowest BCUT2D eigenvalue weighted by Gasteiger charge is -2.15. The fourth-order valence-corrected chi connectivity index (χ4v) is 4.39. The molecule has 0 saturated heterocycles. The average Bonchev–Trinajstić information content (AvgIpc) is 3.18. The summed E-state index contributed by atoms with van der Waals surface area (Å²) in [6.45, 7) is 6.73. The fraction of sp³-hybridized carbons (Fsp3) is 0.304. The average molecular weight is 437 g/mol. The van der Waals surface area contributed by atoms with Crippen molar-refractivity contribution in [2.24, 2.45) is 5.92 Å². The van der Waals surface area contributed by atoms with Gasteiger partial charge in [-0.2, -0.15) is 0 Å². The predicted molar refractivity (Wildman–Crippen MR) is 122 cm³/mol. The molecular weight excluding hydrogens is 412 g/mol. The molecule has 0 bridgehead atoms. The largest absolute Gasteiger partial charge is 0.465 e. The van der Waals surface area contributed by atoms with Crippen LogP contribution in [0.5, 0.6) is 0 Å². The van der Waals surface area contributed by atoms with Crippen molar-refractivity contribution in [3.63, 3.8) is 0 Å². The monoisotopic (exact) mass is 436 g/mol. The summed E-state index contributed by atoms with van der Waals surface area (Å²) in [6.07, 6.45) is 3.97. The van der Waals surface area contributed by atoms with Gasteiger partial charge in [0, 0.05) is 24.7 Å². The lowest BCUT2D eigenvalue weighted by Crippen LogP contribution is -2.25. The molecule has 7 nitrogen and oxygen atoms in total. The minimum Gasteiger partial charge on any atom is -0.465 e. The van der Waals surface area contributed by atoms with Gasteiger partial charge in [0.2, 0.25) is 0 Å². The van der Waals surface area contributed by atoms with E-state index in [0.717, 1.165) is 16.9 Å². The molecule has 160 valence electrons. The van der Waals surface area contributed by atoms with Gasteiger partial charge in [0.05, 0.1) is 29.3 Å². The van der Waals surface area contributed by atoms with E-state index in [9.17, 15) is 9.59 Å². The quantitative estimate of drug-likeness (QED) is 0.257. The Kier molecular flexibility index (Phi) is 5.82. The zero-order chi connectivity index (χ0) is 22.1. The van der Waals surface area contributed by atoms with E-state index in [1.165, 1.54) is 18.9 Å². The highest BCUT2D eigenvalue weighted by Crippen LogP contribution is 2.24. The number of hydrogen-bond acceptors (Lipinski definition) is 6. The first-order valence-electron chi connectivity index (χ1n) is 10.1. The number of methoxy groups -OCH3 is 1. The van der Waals surface area contributed by atoms with E-state index in [1.54, 1.807) is 22.8 Å². The number of carbonyl (C=O) groups is 1. The van der Waals surface area contributed by atoms with E-state index in [-0.39, 0.29) is 11.5 Å². The number of fused-ring (bicyclic) bond motifs is 2. The van der Waals surface area contributed by atoms with Gasteiger partial charge in [-0.3, -0.25) is 9.36 Å². The Bertz CT molecular complexity index is 1340. The Labute approximate surface area is 184 Å². The highest BCUT2D eigenvalue weighted by Gasteiger charge is 2.16. The first kappa shape index (κ1) is 21.1. The van der Waals surface area contributed by atoms with Crippen LogP contribution in [0.3, 0.4) is 0 Å². The second kappa shape index (κ2) is 8.55. The highest BCUT2D eigenvalue weighted by atomic mass is 32.2. The Balaban J connectivity index is 1.74. The van der Waals surface area contributed by atoms with Gasteiger partial charge in [0.15, 0.2) is 5.16 Å². The van der Waals surface area contributed by atoms with Gasteiger partial charge < -0.3 is 9.14 Å². The molecule has 4 aromatic rings. The maximum absolute atomic E-state index is 13.2. The maximum Gasteiger partial charge on any atom is 0.337 e. The van der Waals surface area contributed by atoms with Gasteiger partial charge in [-0.05, 0) is 42.7 Å². The minimum atomic E-state index is -0.454. The van der Waals surface area contributed by atoms with E-state index in [1.807, 2.05) is 35.9 Å². The van der Waals surface area contributed by atoms with Crippen LogP contribution in [0.4, 0.5) is 0 Å². The number of thioether (sulfide) groups is 1. The zero-order valence-corrected chi connectivity index (χ0v) is 18.8. The fourth-order valence-electron chi connectivity index (χ4n) is 3.49. The first-order valence-corrected chi connectivity index (χ1v) is 11.0. The number of benzene rings is 1. The number of aryl methyl sites for hydroxylation is 1. The molecule has 0 aliphatic carbocycles. The van der Waals surface area contributed by atoms with Crippen molar-refractivity contribution < 1.29 is 9.53 Å². The molecule has 0 amide bonds. The van der Waals surface area contributed by atoms with Crippen molar-refractivity contribution in [3.8, 4) is 0 Å². The second-order valence-electron chi connectivity index (χ2n) is 7.87. The van der Waals surface area contributed by atoms with Gasteiger partial charge in [0.25, 0.3) is 5.56 Å². The standard InChI is InChI=1S/C23H24N4O3S/c1-14(2)11-27-21(28)18-8-7-16(22(29)30-4)10-19(18)25-23(27)31-13-17-12-26-9-5-6-15(3)20(26)24-17/h5-10,12,14H,11,13H2,1-4H3. The van der Waals surface area contributed by atoms with Crippen molar-refractivity contribution in [1.82, 2.24) is 18.9 Å². The maximum atomic E-state index is 13.2. The summed E-state index contributed by atoms with van der Waals surface area (Å²) in [5, 5.41) is 1.10. The molecule has 0 unspecified atom stereocenters. The van der Waals surface area contributed by atoms with Gasteiger partial charge in [-0.15, -0.1) is 0 Å². The van der Waals surface area contributed by atoms with Gasteiger partial charge >= 0.3 is 5.97 Å². The van der Waals surface area contributed by atoms with Crippen LogP contribution in [0.1, 0.15) is 35.5 Å². The third-order valence-corrected chi connectivity index (χ3v) is 5.98. The Hall–Kier alpha value is -3.13. The molecule has 0 spiro atoms. The Morgan fingerprint density at radius 2 is 2.03 bits per heavy atom. The van der Waals surface area contributed by atoms with Crippen molar-refractivity contribution in [3.05, 3.63) is 69.9 Å². The Morgan fingerprint density at radius 3 is 2.74 bits per heavy atom. The number of esters is 1. The molecule has 0 saturated carbocycles. The molecule has 31 heavy (non-hydrogen) atoms. The van der Waals surface area contributed by atoms with Gasteiger partial charge in [-0.25, -0.2) is 14.8 Å². The van der Waals surface area contributed by atoms with Crippen LogP contribution < -0.4 is 5.56 Å². The normalized spacial score (nSPS) is 11.5. The number of imidazole rings is 1. The summed E-state index contributed by atoms with van der Waals surface area (Å²) in [4.78, 5) is 34.6. The summed E-state index contributed by atoms with van der Waals surface area (Å²) in [5.41, 5.74) is 3.69. The SMILES string of the molecule is COC(=O)c1ccc2c(=O)n(CC(C)C)c(SCc3cn4cccc(C)c4n3)nc2c1. The zero-order valence-electron chi connectivity index (χ0n) is 18.0. The van der Waals surface area contributed by atoms with Crippen LogP contribution in [-0.2, 0) is 17.0 Å². The summed E-state index contributed by atoms with van der Waals surface area (Å²) in [6, 6.07) is 8.88. The topological polar surface area (TPSA) is 78.5 Å². The molecule has 0 radical (unpaired) electrons. The van der Waals surface area contributed by atoms with E-state index >= 15 is 0 Å². The molecule has 0 aliphatic rings. The second-order valence-corrected chi connectivity index (χ2v) is 8.81. The summed E-state index contributed by atoms with van der Waals surface area (Å²) >= 11 is 1.47. The molecule has 3 heterocycles.